The number of nitrogens with one attached hydrogen (secondary N) is 1. The normalized spacial score (nSPS) is 12.7. The molecule has 0 heterocycles. The van der Waals surface area contributed by atoms with Crippen LogP contribution in [-0.2, 0) is 20.9 Å². The molecule has 0 aliphatic carbocycles. The zero-order valence-electron chi connectivity index (χ0n) is 12.2. The van der Waals surface area contributed by atoms with Gasteiger partial charge in [0.05, 0.1) is 18.6 Å². The quantitative estimate of drug-likeness (QED) is 0.639. The predicted octanol–water partition coefficient (Wildman–Crippen LogP) is 1.73. The molecule has 1 rings (SSSR count). The lowest BCUT2D eigenvalue weighted by Gasteiger charge is -2.24. The molecule has 0 bridgehead atoms. The van der Waals surface area contributed by atoms with Crippen molar-refractivity contribution in [2.45, 2.75) is 26.5 Å². The van der Waals surface area contributed by atoms with Crippen molar-refractivity contribution >= 4 is 24.5 Å². The highest BCUT2D eigenvalue weighted by molar-refractivity contribution is 7.80. The smallest absolute Gasteiger partial charge is 0.328 e. The first kappa shape index (κ1) is 17.5. The number of thiol groups is 1. The van der Waals surface area contributed by atoms with E-state index in [2.05, 4.69) is 17.9 Å². The van der Waals surface area contributed by atoms with Gasteiger partial charge in [-0.05, 0) is 5.56 Å². The van der Waals surface area contributed by atoms with Crippen molar-refractivity contribution in [2.75, 3.05) is 12.4 Å². The maximum absolute atomic E-state index is 12.0. The molecule has 0 saturated heterocycles. The number of carboxylic acids is 1. The van der Waals surface area contributed by atoms with Gasteiger partial charge in [0.1, 0.15) is 0 Å². The van der Waals surface area contributed by atoms with E-state index in [4.69, 9.17) is 9.84 Å². The third-order valence-corrected chi connectivity index (χ3v) is 3.80. The summed E-state index contributed by atoms with van der Waals surface area (Å²) in [5, 5.41) is 11.6. The van der Waals surface area contributed by atoms with Gasteiger partial charge in [0.25, 0.3) is 0 Å². The Labute approximate surface area is 130 Å². The number of carbonyl (C=O) groups is 2. The molecule has 21 heavy (non-hydrogen) atoms. The molecule has 1 atom stereocenters. The Morgan fingerprint density at radius 3 is 2.48 bits per heavy atom. The molecule has 0 fully saturated rings. The number of carboxylic acid groups (broad SMARTS) is 1. The van der Waals surface area contributed by atoms with Crippen LogP contribution < -0.4 is 5.32 Å². The molecule has 0 spiro atoms. The largest absolute Gasteiger partial charge is 0.480 e. The minimum absolute atomic E-state index is 0.0847. The molecule has 1 unspecified atom stereocenters. The second-order valence-corrected chi connectivity index (χ2v) is 5.72. The average Bonchev–Trinajstić information content (AvgIpc) is 2.46. The van der Waals surface area contributed by atoms with Gasteiger partial charge in [0.15, 0.2) is 6.04 Å². The molecule has 116 valence electrons. The van der Waals surface area contributed by atoms with Crippen LogP contribution in [0, 0.1) is 5.41 Å². The van der Waals surface area contributed by atoms with Crippen LogP contribution in [0.5, 0.6) is 0 Å². The minimum Gasteiger partial charge on any atom is -0.480 e. The molecule has 0 saturated carbocycles. The van der Waals surface area contributed by atoms with E-state index in [1.807, 2.05) is 30.3 Å². The zero-order valence-corrected chi connectivity index (χ0v) is 13.1. The number of hydrogen-bond acceptors (Lipinski definition) is 4. The lowest BCUT2D eigenvalue weighted by Crippen LogP contribution is -2.49. The molecular weight excluding hydrogens is 290 g/mol. The third kappa shape index (κ3) is 5.77. The van der Waals surface area contributed by atoms with Gasteiger partial charge in [0.2, 0.25) is 5.91 Å². The molecular formula is C15H21NO4S. The fraction of sp³-hybridized carbons (Fsp3) is 0.467. The van der Waals surface area contributed by atoms with Crippen molar-refractivity contribution in [1.82, 2.24) is 5.32 Å². The fourth-order valence-electron chi connectivity index (χ4n) is 1.47. The number of ether oxygens (including phenoxy) is 1. The Kier molecular flexibility index (Phi) is 6.71. The molecule has 2 N–H and O–H groups in total. The molecule has 5 nitrogen and oxygen atoms in total. The molecule has 0 aliphatic heterocycles. The van der Waals surface area contributed by atoms with E-state index in [0.29, 0.717) is 12.4 Å². The highest BCUT2D eigenvalue weighted by atomic mass is 32.1. The van der Waals surface area contributed by atoms with Gasteiger partial charge in [-0.3, -0.25) is 4.79 Å². The molecule has 0 radical (unpaired) electrons. The van der Waals surface area contributed by atoms with Crippen LogP contribution in [-0.4, -0.2) is 35.4 Å². The first-order chi connectivity index (χ1) is 9.86. The van der Waals surface area contributed by atoms with Crippen LogP contribution in [0.4, 0.5) is 0 Å². The molecule has 1 amide bonds. The first-order valence-electron chi connectivity index (χ1n) is 6.63. The summed E-state index contributed by atoms with van der Waals surface area (Å²) in [5.41, 5.74) is 0.222. The van der Waals surface area contributed by atoms with Gasteiger partial charge in [-0.15, -0.1) is 0 Å². The maximum atomic E-state index is 12.0. The second kappa shape index (κ2) is 8.05. The van der Waals surface area contributed by atoms with Crippen molar-refractivity contribution in [3.05, 3.63) is 35.9 Å². The maximum Gasteiger partial charge on any atom is 0.328 e. The van der Waals surface area contributed by atoms with Gasteiger partial charge in [-0.25, -0.2) is 4.79 Å². The summed E-state index contributed by atoms with van der Waals surface area (Å²) in [6.45, 7) is 3.63. The SMILES string of the molecule is CC(C)(CS)C(=O)NC(COCc1ccccc1)C(=O)O. The topological polar surface area (TPSA) is 75.6 Å². The van der Waals surface area contributed by atoms with Crippen molar-refractivity contribution in [3.63, 3.8) is 0 Å². The second-order valence-electron chi connectivity index (χ2n) is 5.41. The van der Waals surface area contributed by atoms with Crippen LogP contribution >= 0.6 is 12.6 Å². The van der Waals surface area contributed by atoms with Crippen LogP contribution in [0.2, 0.25) is 0 Å². The average molecular weight is 311 g/mol. The van der Waals surface area contributed by atoms with Crippen molar-refractivity contribution in [3.8, 4) is 0 Å². The molecule has 0 aliphatic rings. The summed E-state index contributed by atoms with van der Waals surface area (Å²) in [6.07, 6.45) is 0. The van der Waals surface area contributed by atoms with E-state index in [9.17, 15) is 9.59 Å². The van der Waals surface area contributed by atoms with Gasteiger partial charge in [0, 0.05) is 5.75 Å². The summed E-state index contributed by atoms with van der Waals surface area (Å²) in [7, 11) is 0. The van der Waals surface area contributed by atoms with E-state index in [1.54, 1.807) is 13.8 Å². The highest BCUT2D eigenvalue weighted by Gasteiger charge is 2.30. The number of hydrogen-bond donors (Lipinski definition) is 3. The highest BCUT2D eigenvalue weighted by Crippen LogP contribution is 2.17. The Bertz CT molecular complexity index is 476. The van der Waals surface area contributed by atoms with Crippen LogP contribution in [0.15, 0.2) is 30.3 Å². The number of carbonyl (C=O) groups excluding carboxylic acids is 1. The van der Waals surface area contributed by atoms with E-state index < -0.39 is 17.4 Å². The van der Waals surface area contributed by atoms with E-state index in [1.165, 1.54) is 0 Å². The van der Waals surface area contributed by atoms with Gasteiger partial charge >= 0.3 is 5.97 Å². The van der Waals surface area contributed by atoms with Crippen molar-refractivity contribution in [2.24, 2.45) is 5.41 Å². The summed E-state index contributed by atoms with van der Waals surface area (Å²) >= 11 is 4.09. The Hall–Kier alpha value is -1.53. The summed E-state index contributed by atoms with van der Waals surface area (Å²) in [6, 6.07) is 8.36. The standard InChI is InChI=1S/C15H21NO4S/c1-15(2,10-21)14(19)16-12(13(17)18)9-20-8-11-6-4-3-5-7-11/h3-7,12,21H,8-10H2,1-2H3,(H,16,19)(H,17,18). The Morgan fingerprint density at radius 1 is 1.33 bits per heavy atom. The van der Waals surface area contributed by atoms with E-state index >= 15 is 0 Å². The van der Waals surface area contributed by atoms with Gasteiger partial charge in [-0.2, -0.15) is 12.6 Å². The van der Waals surface area contributed by atoms with Crippen molar-refractivity contribution in [1.29, 1.82) is 0 Å². The molecule has 0 aromatic heterocycles. The fourth-order valence-corrected chi connectivity index (χ4v) is 1.61. The number of aliphatic carboxylic acids is 1. The Balaban J connectivity index is 2.51. The van der Waals surface area contributed by atoms with Crippen LogP contribution in [0.1, 0.15) is 19.4 Å². The zero-order chi connectivity index (χ0) is 15.9. The lowest BCUT2D eigenvalue weighted by molar-refractivity contribution is -0.145. The summed E-state index contributed by atoms with van der Waals surface area (Å²) < 4.78 is 5.38. The van der Waals surface area contributed by atoms with Gasteiger partial charge < -0.3 is 15.2 Å². The first-order valence-corrected chi connectivity index (χ1v) is 7.26. The number of rotatable bonds is 8. The third-order valence-electron chi connectivity index (χ3n) is 3.01. The lowest BCUT2D eigenvalue weighted by atomic mass is 9.95. The summed E-state index contributed by atoms with van der Waals surface area (Å²) in [5.74, 6) is -1.14. The summed E-state index contributed by atoms with van der Waals surface area (Å²) in [4.78, 5) is 23.1. The Morgan fingerprint density at radius 2 is 1.95 bits per heavy atom. The molecule has 1 aromatic rings. The molecule has 1 aromatic carbocycles. The van der Waals surface area contributed by atoms with E-state index in [0.717, 1.165) is 5.56 Å². The monoisotopic (exact) mass is 311 g/mol. The van der Waals surface area contributed by atoms with Crippen molar-refractivity contribution < 1.29 is 19.4 Å². The number of benzene rings is 1. The van der Waals surface area contributed by atoms with Crippen LogP contribution in [0.25, 0.3) is 0 Å². The van der Waals surface area contributed by atoms with Crippen LogP contribution in [0.3, 0.4) is 0 Å². The van der Waals surface area contributed by atoms with E-state index in [-0.39, 0.29) is 12.5 Å². The number of amides is 1. The predicted molar refractivity (Wildman–Crippen MR) is 83.3 cm³/mol. The van der Waals surface area contributed by atoms with Gasteiger partial charge in [-0.1, -0.05) is 44.2 Å². The minimum atomic E-state index is -1.12. The molecule has 6 heteroatoms.